The van der Waals surface area contributed by atoms with Crippen LogP contribution in [0.3, 0.4) is 0 Å². The van der Waals surface area contributed by atoms with Crippen LogP contribution in [0.4, 0.5) is 0 Å². The molecular formula is C30H33N3O2S2. The summed E-state index contributed by atoms with van der Waals surface area (Å²) in [6, 6.07) is 16.4. The van der Waals surface area contributed by atoms with E-state index in [1.54, 1.807) is 0 Å². The minimum atomic E-state index is 0.0227. The van der Waals surface area contributed by atoms with Crippen molar-refractivity contribution < 1.29 is 9.53 Å². The predicted octanol–water partition coefficient (Wildman–Crippen LogP) is 7.42. The molecule has 0 spiro atoms. The highest BCUT2D eigenvalue weighted by atomic mass is 32.2. The predicted molar refractivity (Wildman–Crippen MR) is 156 cm³/mol. The summed E-state index contributed by atoms with van der Waals surface area (Å²) in [7, 11) is 0. The van der Waals surface area contributed by atoms with Crippen LogP contribution in [-0.4, -0.2) is 37.6 Å². The molecule has 7 heteroatoms. The third kappa shape index (κ3) is 5.68. The topological polar surface area (TPSA) is 47.4 Å². The van der Waals surface area contributed by atoms with Crippen molar-refractivity contribution in [3.05, 3.63) is 70.8 Å². The SMILES string of the molecule is Cc1cc(OCC(C)C)ccc1-c1nn(-c2ccccc2)cc1/C=C1\SC(=S)N(C2CCCCC2)C1=O. The smallest absolute Gasteiger partial charge is 0.266 e. The lowest BCUT2D eigenvalue weighted by atomic mass is 9.94. The van der Waals surface area contributed by atoms with Gasteiger partial charge in [0.2, 0.25) is 0 Å². The Hall–Kier alpha value is -2.90. The van der Waals surface area contributed by atoms with E-state index in [9.17, 15) is 4.79 Å². The first-order chi connectivity index (χ1) is 17.9. The highest BCUT2D eigenvalue weighted by Crippen LogP contribution is 2.39. The Kier molecular flexibility index (Phi) is 7.81. The molecule has 5 nitrogen and oxygen atoms in total. The van der Waals surface area contributed by atoms with Crippen LogP contribution in [0.15, 0.2) is 59.6 Å². The lowest BCUT2D eigenvalue weighted by Crippen LogP contribution is -2.39. The standard InChI is InChI=1S/C30H33N3O2S2/c1-20(2)19-35-25-14-15-26(21(3)16-25)28-22(18-32(31-28)23-10-6-4-7-11-23)17-27-29(34)33(30(36)37-27)24-12-8-5-9-13-24/h4,6-7,10-11,14-18,20,24H,5,8-9,12-13,19H2,1-3H3/b27-17-. The van der Waals surface area contributed by atoms with Gasteiger partial charge in [-0.25, -0.2) is 4.68 Å². The molecule has 0 N–H and O–H groups in total. The minimum absolute atomic E-state index is 0.0227. The van der Waals surface area contributed by atoms with Crippen molar-refractivity contribution in [2.45, 2.75) is 58.9 Å². The van der Waals surface area contributed by atoms with Crippen LogP contribution in [0.1, 0.15) is 57.1 Å². The van der Waals surface area contributed by atoms with Gasteiger partial charge >= 0.3 is 0 Å². The summed E-state index contributed by atoms with van der Waals surface area (Å²) in [5.74, 6) is 1.34. The summed E-state index contributed by atoms with van der Waals surface area (Å²) in [6.45, 7) is 7.03. The zero-order valence-corrected chi connectivity index (χ0v) is 23.3. The van der Waals surface area contributed by atoms with E-state index >= 15 is 0 Å². The van der Waals surface area contributed by atoms with Gasteiger partial charge < -0.3 is 4.74 Å². The molecule has 1 saturated heterocycles. The molecule has 1 aliphatic heterocycles. The number of amides is 1. The molecule has 2 aliphatic rings. The summed E-state index contributed by atoms with van der Waals surface area (Å²) in [6.07, 6.45) is 9.58. The lowest BCUT2D eigenvalue weighted by Gasteiger charge is -2.29. The number of thioether (sulfide) groups is 1. The normalized spacial score (nSPS) is 17.8. The van der Waals surface area contributed by atoms with E-state index in [-0.39, 0.29) is 11.9 Å². The fourth-order valence-electron chi connectivity index (χ4n) is 4.94. The second-order valence-corrected chi connectivity index (χ2v) is 11.9. The Bertz CT molecular complexity index is 1320. The first-order valence-electron chi connectivity index (χ1n) is 13.1. The van der Waals surface area contributed by atoms with Gasteiger partial charge in [0.25, 0.3) is 5.91 Å². The zero-order chi connectivity index (χ0) is 25.9. The molecule has 2 heterocycles. The van der Waals surface area contributed by atoms with Gasteiger partial charge in [-0.1, -0.05) is 75.3 Å². The maximum absolute atomic E-state index is 13.5. The molecule has 1 amide bonds. The van der Waals surface area contributed by atoms with E-state index in [1.165, 1.54) is 18.2 Å². The van der Waals surface area contributed by atoms with Gasteiger partial charge in [0.05, 0.1) is 17.2 Å². The van der Waals surface area contributed by atoms with Crippen molar-refractivity contribution in [3.8, 4) is 22.7 Å². The Morgan fingerprint density at radius 1 is 1.14 bits per heavy atom. The number of ether oxygens (including phenoxy) is 1. The lowest BCUT2D eigenvalue weighted by molar-refractivity contribution is -0.124. The fourth-order valence-corrected chi connectivity index (χ4v) is 6.34. The largest absolute Gasteiger partial charge is 0.493 e. The van der Waals surface area contributed by atoms with Crippen molar-refractivity contribution >= 4 is 40.3 Å². The Balaban J connectivity index is 1.52. The maximum atomic E-state index is 13.5. The van der Waals surface area contributed by atoms with E-state index in [0.29, 0.717) is 21.8 Å². The van der Waals surface area contributed by atoms with Crippen LogP contribution < -0.4 is 4.74 Å². The highest BCUT2D eigenvalue weighted by Gasteiger charge is 2.37. The number of thiocarbonyl (C=S) groups is 1. The van der Waals surface area contributed by atoms with Crippen molar-refractivity contribution in [2.24, 2.45) is 5.92 Å². The molecule has 2 fully saturated rings. The zero-order valence-electron chi connectivity index (χ0n) is 21.6. The van der Waals surface area contributed by atoms with Crippen LogP contribution in [0, 0.1) is 12.8 Å². The number of para-hydroxylation sites is 1. The quantitative estimate of drug-likeness (QED) is 0.235. The minimum Gasteiger partial charge on any atom is -0.493 e. The van der Waals surface area contributed by atoms with Crippen molar-refractivity contribution in [1.29, 1.82) is 0 Å². The number of hydrogen-bond acceptors (Lipinski definition) is 5. The van der Waals surface area contributed by atoms with Gasteiger partial charge in [-0.3, -0.25) is 9.69 Å². The van der Waals surface area contributed by atoms with E-state index in [1.807, 2.05) is 58.3 Å². The Morgan fingerprint density at radius 2 is 1.89 bits per heavy atom. The molecule has 5 rings (SSSR count). The van der Waals surface area contributed by atoms with Crippen LogP contribution in [0.5, 0.6) is 5.75 Å². The fraction of sp³-hybridized carbons (Fsp3) is 0.367. The molecule has 0 bridgehead atoms. The maximum Gasteiger partial charge on any atom is 0.266 e. The van der Waals surface area contributed by atoms with Crippen molar-refractivity contribution in [2.75, 3.05) is 6.61 Å². The summed E-state index contributed by atoms with van der Waals surface area (Å²) in [4.78, 5) is 16.0. The second kappa shape index (κ2) is 11.2. The highest BCUT2D eigenvalue weighted by molar-refractivity contribution is 8.26. The first kappa shape index (κ1) is 25.7. The average Bonchev–Trinajstić information content (AvgIpc) is 3.44. The van der Waals surface area contributed by atoms with Gasteiger partial charge in [-0.15, -0.1) is 0 Å². The number of aryl methyl sites for hydroxylation is 1. The molecule has 1 aliphatic carbocycles. The van der Waals surface area contributed by atoms with E-state index in [4.69, 9.17) is 22.1 Å². The van der Waals surface area contributed by atoms with E-state index in [0.717, 1.165) is 59.5 Å². The number of benzene rings is 2. The average molecular weight is 532 g/mol. The van der Waals surface area contributed by atoms with Crippen LogP contribution in [0.2, 0.25) is 0 Å². The molecule has 3 aromatic rings. The summed E-state index contributed by atoms with van der Waals surface area (Å²) >= 11 is 7.08. The van der Waals surface area contributed by atoms with Gasteiger partial charge in [0.15, 0.2) is 0 Å². The number of carbonyl (C=O) groups excluding carboxylic acids is 1. The molecule has 2 aromatic carbocycles. The molecule has 192 valence electrons. The van der Waals surface area contributed by atoms with Crippen molar-refractivity contribution in [1.82, 2.24) is 14.7 Å². The molecule has 0 radical (unpaired) electrons. The third-order valence-corrected chi connectivity index (χ3v) is 8.18. The van der Waals surface area contributed by atoms with Crippen molar-refractivity contribution in [3.63, 3.8) is 0 Å². The van der Waals surface area contributed by atoms with Crippen LogP contribution >= 0.6 is 24.0 Å². The molecule has 1 aromatic heterocycles. The summed E-state index contributed by atoms with van der Waals surface area (Å²) in [5, 5.41) is 4.97. The number of carbonyl (C=O) groups is 1. The molecular weight excluding hydrogens is 498 g/mol. The Labute approximate surface area is 228 Å². The van der Waals surface area contributed by atoms with Gasteiger partial charge in [-0.2, -0.15) is 5.10 Å². The summed E-state index contributed by atoms with van der Waals surface area (Å²) < 4.78 is 8.49. The molecule has 37 heavy (non-hydrogen) atoms. The number of rotatable bonds is 7. The van der Waals surface area contributed by atoms with Gasteiger partial charge in [0, 0.05) is 23.4 Å². The van der Waals surface area contributed by atoms with E-state index in [2.05, 4.69) is 32.9 Å². The Morgan fingerprint density at radius 3 is 2.59 bits per heavy atom. The number of aromatic nitrogens is 2. The third-order valence-electron chi connectivity index (χ3n) is 6.85. The van der Waals surface area contributed by atoms with E-state index < -0.39 is 0 Å². The van der Waals surface area contributed by atoms with Crippen LogP contribution in [0.25, 0.3) is 23.0 Å². The first-order valence-corrected chi connectivity index (χ1v) is 14.3. The molecule has 0 unspecified atom stereocenters. The molecule has 1 saturated carbocycles. The summed E-state index contributed by atoms with van der Waals surface area (Å²) in [5.41, 5.74) is 4.78. The van der Waals surface area contributed by atoms with Gasteiger partial charge in [0.1, 0.15) is 15.8 Å². The monoisotopic (exact) mass is 531 g/mol. The van der Waals surface area contributed by atoms with Crippen LogP contribution in [-0.2, 0) is 4.79 Å². The number of hydrogen-bond donors (Lipinski definition) is 0. The van der Waals surface area contributed by atoms with Gasteiger partial charge in [-0.05, 0) is 67.7 Å². The second-order valence-electron chi connectivity index (χ2n) is 10.2. The molecule has 0 atom stereocenters. The number of nitrogens with zero attached hydrogens (tertiary/aromatic N) is 3.